The maximum Gasteiger partial charge on any atom is 0.326 e. The van der Waals surface area contributed by atoms with Gasteiger partial charge in [0.25, 0.3) is 10.0 Å². The second-order valence-electron chi connectivity index (χ2n) is 3.20. The lowest BCUT2D eigenvalue weighted by atomic mass is 10.3. The molecule has 1 N–H and O–H groups in total. The first-order valence-corrected chi connectivity index (χ1v) is 6.42. The van der Waals surface area contributed by atoms with E-state index in [1.807, 2.05) is 0 Å². The van der Waals surface area contributed by atoms with Crippen LogP contribution in [0, 0.1) is 0 Å². The zero-order chi connectivity index (χ0) is 12.7. The molecule has 0 aliphatic rings. The van der Waals surface area contributed by atoms with E-state index in [2.05, 4.69) is 11.4 Å². The van der Waals surface area contributed by atoms with Crippen molar-refractivity contribution in [1.82, 2.24) is 4.89 Å². The summed E-state index contributed by atoms with van der Waals surface area (Å²) in [6, 6.07) is 7.65. The van der Waals surface area contributed by atoms with E-state index in [4.69, 9.17) is 0 Å². The van der Waals surface area contributed by atoms with E-state index in [1.54, 1.807) is 29.2 Å². The van der Waals surface area contributed by atoms with Gasteiger partial charge in [0, 0.05) is 0 Å². The van der Waals surface area contributed by atoms with Crippen LogP contribution in [0.25, 0.3) is 0 Å². The summed E-state index contributed by atoms with van der Waals surface area (Å²) >= 11 is 0. The predicted molar refractivity (Wildman–Crippen MR) is 62.3 cm³/mol. The second-order valence-corrected chi connectivity index (χ2v) is 4.85. The van der Waals surface area contributed by atoms with E-state index in [0.717, 1.165) is 0 Å². The lowest BCUT2D eigenvalue weighted by Crippen LogP contribution is -2.27. The van der Waals surface area contributed by atoms with Crippen LogP contribution in [0.2, 0.25) is 0 Å². The van der Waals surface area contributed by atoms with Crippen LogP contribution in [0.3, 0.4) is 0 Å². The van der Waals surface area contributed by atoms with E-state index in [9.17, 15) is 13.2 Å². The molecule has 0 heterocycles. The van der Waals surface area contributed by atoms with Gasteiger partial charge in [0.05, 0.1) is 11.3 Å². The van der Waals surface area contributed by atoms with Gasteiger partial charge in [-0.05, 0) is 23.4 Å². The minimum absolute atomic E-state index is 0.0384. The maximum atomic E-state index is 11.6. The SMILES string of the molecule is C=CCCC(=O)ONS(=O)(=O)c1ccccc1. The minimum Gasteiger partial charge on any atom is -0.356 e. The van der Waals surface area contributed by atoms with Gasteiger partial charge in [0.2, 0.25) is 0 Å². The van der Waals surface area contributed by atoms with Crippen molar-refractivity contribution in [3.8, 4) is 0 Å². The second kappa shape index (κ2) is 6.17. The number of carbonyl (C=O) groups is 1. The monoisotopic (exact) mass is 255 g/mol. The van der Waals surface area contributed by atoms with Crippen LogP contribution in [0.1, 0.15) is 12.8 Å². The zero-order valence-electron chi connectivity index (χ0n) is 9.13. The predicted octanol–water partition coefficient (Wildman–Crippen LogP) is 1.39. The Kier molecular flexibility index (Phi) is 4.86. The number of hydrogen-bond donors (Lipinski definition) is 1. The molecule has 0 atom stereocenters. The van der Waals surface area contributed by atoms with Crippen LogP contribution in [0.5, 0.6) is 0 Å². The third-order valence-corrected chi connectivity index (χ3v) is 3.07. The van der Waals surface area contributed by atoms with Crippen molar-refractivity contribution < 1.29 is 18.0 Å². The lowest BCUT2D eigenvalue weighted by molar-refractivity contribution is -0.147. The Bertz CT molecular complexity index is 481. The molecule has 0 saturated carbocycles. The molecule has 0 fully saturated rings. The highest BCUT2D eigenvalue weighted by Gasteiger charge is 2.15. The van der Waals surface area contributed by atoms with Gasteiger partial charge < -0.3 is 4.84 Å². The molecular formula is C11H13NO4S. The van der Waals surface area contributed by atoms with E-state index in [0.29, 0.717) is 6.42 Å². The molecule has 1 rings (SSSR count). The van der Waals surface area contributed by atoms with Gasteiger partial charge in [-0.3, -0.25) is 4.79 Å². The highest BCUT2D eigenvalue weighted by Crippen LogP contribution is 2.07. The molecule has 0 aromatic heterocycles. The van der Waals surface area contributed by atoms with Crippen molar-refractivity contribution in [2.75, 3.05) is 0 Å². The van der Waals surface area contributed by atoms with Gasteiger partial charge in [0.1, 0.15) is 0 Å². The summed E-state index contributed by atoms with van der Waals surface area (Å²) < 4.78 is 23.2. The first-order chi connectivity index (χ1) is 8.06. The molecule has 0 aliphatic heterocycles. The number of nitrogens with one attached hydrogen (secondary N) is 1. The number of sulfonamides is 1. The van der Waals surface area contributed by atoms with Crippen molar-refractivity contribution >= 4 is 16.0 Å². The van der Waals surface area contributed by atoms with Gasteiger partial charge in [0.15, 0.2) is 0 Å². The lowest BCUT2D eigenvalue weighted by Gasteiger charge is -2.06. The molecule has 0 saturated heterocycles. The molecule has 0 amide bonds. The highest BCUT2D eigenvalue weighted by atomic mass is 32.2. The molecule has 17 heavy (non-hydrogen) atoms. The largest absolute Gasteiger partial charge is 0.356 e. The van der Waals surface area contributed by atoms with E-state index >= 15 is 0 Å². The summed E-state index contributed by atoms with van der Waals surface area (Å²) in [6.45, 7) is 3.44. The molecule has 1 aromatic rings. The average molecular weight is 255 g/mol. The molecule has 0 aliphatic carbocycles. The standard InChI is InChI=1S/C11H13NO4S/c1-2-3-9-11(13)16-12-17(14,15)10-7-5-4-6-8-10/h2,4-8,12H,1,3,9H2. The first kappa shape index (κ1) is 13.4. The molecule has 0 bridgehead atoms. The quantitative estimate of drug-likeness (QED) is 0.616. The van der Waals surface area contributed by atoms with Crippen molar-refractivity contribution in [2.45, 2.75) is 17.7 Å². The number of benzene rings is 1. The number of carbonyl (C=O) groups excluding carboxylic acids is 1. The normalized spacial score (nSPS) is 10.8. The summed E-state index contributed by atoms with van der Waals surface area (Å²) in [5.41, 5.74) is 0. The molecule has 0 radical (unpaired) electrons. The van der Waals surface area contributed by atoms with Gasteiger partial charge >= 0.3 is 5.97 Å². The zero-order valence-corrected chi connectivity index (χ0v) is 9.94. The van der Waals surface area contributed by atoms with Gasteiger partial charge in [-0.25, -0.2) is 8.42 Å². The fourth-order valence-electron chi connectivity index (χ4n) is 1.02. The summed E-state index contributed by atoms with van der Waals surface area (Å²) in [4.78, 5) is 17.3. The molecule has 1 aromatic carbocycles. The number of rotatable bonds is 6. The molecule has 0 spiro atoms. The Morgan fingerprint density at radius 2 is 2.00 bits per heavy atom. The Labute approximate surface area is 100 Å². The summed E-state index contributed by atoms with van der Waals surface area (Å²) in [7, 11) is -3.80. The van der Waals surface area contributed by atoms with E-state index < -0.39 is 16.0 Å². The summed E-state index contributed by atoms with van der Waals surface area (Å²) in [5, 5.41) is 0. The van der Waals surface area contributed by atoms with Crippen molar-refractivity contribution in [1.29, 1.82) is 0 Å². The first-order valence-electron chi connectivity index (χ1n) is 4.93. The Morgan fingerprint density at radius 1 is 1.35 bits per heavy atom. The fraction of sp³-hybridized carbons (Fsp3) is 0.182. The molecule has 92 valence electrons. The van der Waals surface area contributed by atoms with Gasteiger partial charge in [-0.15, -0.1) is 6.58 Å². The van der Waals surface area contributed by atoms with Crippen molar-refractivity contribution in [3.63, 3.8) is 0 Å². The van der Waals surface area contributed by atoms with Crippen LogP contribution in [-0.2, 0) is 19.7 Å². The van der Waals surface area contributed by atoms with Crippen molar-refractivity contribution in [2.24, 2.45) is 0 Å². The molecule has 6 heteroatoms. The van der Waals surface area contributed by atoms with Crippen LogP contribution in [0.15, 0.2) is 47.9 Å². The molecular weight excluding hydrogens is 242 g/mol. The minimum atomic E-state index is -3.80. The molecule has 5 nitrogen and oxygen atoms in total. The van der Waals surface area contributed by atoms with Crippen LogP contribution < -0.4 is 4.89 Å². The van der Waals surface area contributed by atoms with Crippen LogP contribution in [0.4, 0.5) is 0 Å². The van der Waals surface area contributed by atoms with E-state index in [-0.39, 0.29) is 11.3 Å². The number of hydrogen-bond acceptors (Lipinski definition) is 4. The Balaban J connectivity index is 2.57. The third kappa shape index (κ3) is 4.38. The Hall–Kier alpha value is -1.66. The highest BCUT2D eigenvalue weighted by molar-refractivity contribution is 7.89. The van der Waals surface area contributed by atoms with Gasteiger partial charge in [-0.1, -0.05) is 24.3 Å². The van der Waals surface area contributed by atoms with Crippen LogP contribution >= 0.6 is 0 Å². The van der Waals surface area contributed by atoms with Crippen molar-refractivity contribution in [3.05, 3.63) is 43.0 Å². The van der Waals surface area contributed by atoms with Gasteiger partial charge in [-0.2, -0.15) is 0 Å². The van der Waals surface area contributed by atoms with Crippen LogP contribution in [-0.4, -0.2) is 14.4 Å². The third-order valence-electron chi connectivity index (χ3n) is 1.87. The fourth-order valence-corrected chi connectivity index (χ4v) is 1.83. The topological polar surface area (TPSA) is 72.5 Å². The smallest absolute Gasteiger partial charge is 0.326 e. The average Bonchev–Trinajstić information content (AvgIpc) is 2.35. The Morgan fingerprint density at radius 3 is 2.59 bits per heavy atom. The molecule has 0 unspecified atom stereocenters. The maximum absolute atomic E-state index is 11.6. The van der Waals surface area contributed by atoms with E-state index in [1.165, 1.54) is 12.1 Å². The number of allylic oxidation sites excluding steroid dienone is 1. The summed E-state index contributed by atoms with van der Waals surface area (Å²) in [6.07, 6.45) is 2.07. The summed E-state index contributed by atoms with van der Waals surface area (Å²) in [5.74, 6) is -0.649.